The van der Waals surface area contributed by atoms with Crippen LogP contribution >= 0.6 is 11.3 Å². The number of allylic oxidation sites excluding steroid dienone is 1. The number of anilines is 2. The minimum atomic E-state index is -1.23. The lowest BCUT2D eigenvalue weighted by atomic mass is 10.1. The van der Waals surface area contributed by atoms with E-state index < -0.39 is 5.97 Å². The van der Waals surface area contributed by atoms with Crippen LogP contribution in [0.3, 0.4) is 0 Å². The number of thiazole rings is 1. The van der Waals surface area contributed by atoms with E-state index in [1.54, 1.807) is 12.3 Å². The van der Waals surface area contributed by atoms with Crippen molar-refractivity contribution in [3.63, 3.8) is 0 Å². The van der Waals surface area contributed by atoms with Crippen molar-refractivity contribution in [3.8, 4) is 11.6 Å². The minimum absolute atomic E-state index is 0.134. The molecule has 0 atom stereocenters. The predicted molar refractivity (Wildman–Crippen MR) is 105 cm³/mol. The second-order valence-electron chi connectivity index (χ2n) is 5.74. The lowest BCUT2D eigenvalue weighted by Gasteiger charge is -2.05. The fourth-order valence-corrected chi connectivity index (χ4v) is 3.51. The number of rotatable bonds is 4. The summed E-state index contributed by atoms with van der Waals surface area (Å²) < 4.78 is 0. The number of aliphatic imine (C=N–C) groups is 1. The maximum absolute atomic E-state index is 11.1. The van der Waals surface area contributed by atoms with Gasteiger partial charge in [-0.25, -0.2) is 4.79 Å². The summed E-state index contributed by atoms with van der Waals surface area (Å²) in [5, 5.41) is 32.1. The van der Waals surface area contributed by atoms with Crippen molar-refractivity contribution in [2.75, 3.05) is 5.32 Å². The molecule has 2 heterocycles. The molecule has 4 rings (SSSR count). The molecule has 1 aliphatic heterocycles. The summed E-state index contributed by atoms with van der Waals surface area (Å²) in [5.74, 6) is -1.69. The van der Waals surface area contributed by atoms with Gasteiger partial charge in [0.25, 0.3) is 0 Å². The van der Waals surface area contributed by atoms with Crippen molar-refractivity contribution in [2.24, 2.45) is 4.99 Å². The summed E-state index contributed by atoms with van der Waals surface area (Å²) in [5.41, 5.74) is 2.93. The largest absolute Gasteiger partial charge is 0.507 e. The van der Waals surface area contributed by atoms with Crippen LogP contribution in [0.25, 0.3) is 11.6 Å². The van der Waals surface area contributed by atoms with Crippen molar-refractivity contribution in [1.82, 2.24) is 4.98 Å². The molecule has 7 nitrogen and oxygen atoms in total. The fraction of sp³-hybridized carbons (Fsp3) is 0. The minimum Gasteiger partial charge on any atom is -0.507 e. The molecule has 134 valence electrons. The Kier molecular flexibility index (Phi) is 4.09. The number of aromatic carboxylic acids is 1. The Morgan fingerprint density at radius 3 is 2.78 bits per heavy atom. The molecule has 0 spiro atoms. The van der Waals surface area contributed by atoms with Crippen LogP contribution in [0.2, 0.25) is 0 Å². The number of aromatic nitrogens is 1. The van der Waals surface area contributed by atoms with Crippen molar-refractivity contribution in [1.29, 1.82) is 0 Å². The summed E-state index contributed by atoms with van der Waals surface area (Å²) >= 11 is 1.21. The van der Waals surface area contributed by atoms with Gasteiger partial charge in [-0.15, -0.1) is 0 Å². The summed E-state index contributed by atoms with van der Waals surface area (Å²) in [4.78, 5) is 20.1. The second kappa shape index (κ2) is 6.58. The number of phenols is 1. The molecule has 8 heteroatoms. The quantitative estimate of drug-likeness (QED) is 0.504. The van der Waals surface area contributed by atoms with Crippen LogP contribution in [0.5, 0.6) is 11.6 Å². The number of carboxylic acids is 1. The molecular weight excluding hydrogens is 366 g/mol. The highest BCUT2D eigenvalue weighted by Gasteiger charge is 2.15. The Morgan fingerprint density at radius 1 is 1.15 bits per heavy atom. The number of carboxylic acid groups (broad SMARTS) is 1. The van der Waals surface area contributed by atoms with Crippen LogP contribution in [0, 0.1) is 0 Å². The third-order valence-electron chi connectivity index (χ3n) is 3.96. The molecule has 0 radical (unpaired) electrons. The SMILES string of the molecule is O=C(O)c1cc(Nc2nc(O)c(/C=C3/C=Nc4ccccc43)s2)ccc1O. The maximum atomic E-state index is 11.1. The van der Waals surface area contributed by atoms with E-state index in [0.29, 0.717) is 15.7 Å². The van der Waals surface area contributed by atoms with Gasteiger partial charge in [-0.2, -0.15) is 4.98 Å². The molecule has 2 aromatic carbocycles. The molecule has 0 unspecified atom stereocenters. The molecule has 0 aliphatic carbocycles. The topological polar surface area (TPSA) is 115 Å². The molecular formula is C19H13N3O4S. The van der Waals surface area contributed by atoms with E-state index in [9.17, 15) is 15.0 Å². The Balaban J connectivity index is 1.62. The normalized spacial score (nSPS) is 13.7. The van der Waals surface area contributed by atoms with Crippen LogP contribution in [0.1, 0.15) is 20.8 Å². The third kappa shape index (κ3) is 3.25. The smallest absolute Gasteiger partial charge is 0.339 e. The van der Waals surface area contributed by atoms with Gasteiger partial charge in [0, 0.05) is 23.0 Å². The van der Waals surface area contributed by atoms with Crippen LogP contribution in [0.4, 0.5) is 16.5 Å². The summed E-state index contributed by atoms with van der Waals surface area (Å²) in [6.45, 7) is 0. The number of para-hydroxylation sites is 1. The zero-order valence-electron chi connectivity index (χ0n) is 13.7. The molecule has 0 saturated heterocycles. The number of hydrogen-bond donors (Lipinski definition) is 4. The van der Waals surface area contributed by atoms with Gasteiger partial charge in [-0.05, 0) is 30.3 Å². The van der Waals surface area contributed by atoms with Crippen LogP contribution in [-0.2, 0) is 0 Å². The molecule has 0 saturated carbocycles. The lowest BCUT2D eigenvalue weighted by Crippen LogP contribution is -1.98. The van der Waals surface area contributed by atoms with E-state index in [1.807, 2.05) is 24.3 Å². The number of carbonyl (C=O) groups is 1. The number of aromatic hydroxyl groups is 2. The van der Waals surface area contributed by atoms with Crippen molar-refractivity contribution >= 4 is 51.7 Å². The number of fused-ring (bicyclic) bond motifs is 1. The first-order chi connectivity index (χ1) is 13.0. The van der Waals surface area contributed by atoms with Gasteiger partial charge in [0.2, 0.25) is 5.88 Å². The van der Waals surface area contributed by atoms with Gasteiger partial charge in [-0.1, -0.05) is 29.5 Å². The highest BCUT2D eigenvalue weighted by Crippen LogP contribution is 2.37. The first-order valence-corrected chi connectivity index (χ1v) is 8.71. The van der Waals surface area contributed by atoms with Crippen molar-refractivity contribution < 1.29 is 20.1 Å². The Labute approximate surface area is 157 Å². The lowest BCUT2D eigenvalue weighted by molar-refractivity contribution is 0.0694. The van der Waals surface area contributed by atoms with E-state index >= 15 is 0 Å². The molecule has 0 bridgehead atoms. The average Bonchev–Trinajstić information content (AvgIpc) is 3.20. The van der Waals surface area contributed by atoms with Crippen LogP contribution < -0.4 is 5.32 Å². The zero-order valence-corrected chi connectivity index (χ0v) is 14.6. The van der Waals surface area contributed by atoms with E-state index in [0.717, 1.165) is 16.8 Å². The van der Waals surface area contributed by atoms with Gasteiger partial charge >= 0.3 is 5.97 Å². The Bertz CT molecular complexity index is 1120. The maximum Gasteiger partial charge on any atom is 0.339 e. The first kappa shape index (κ1) is 16.8. The Hall–Kier alpha value is -3.65. The second-order valence-corrected chi connectivity index (χ2v) is 6.77. The van der Waals surface area contributed by atoms with E-state index in [-0.39, 0.29) is 17.2 Å². The molecule has 3 aromatic rings. The molecule has 1 aromatic heterocycles. The van der Waals surface area contributed by atoms with E-state index in [1.165, 1.54) is 29.5 Å². The van der Waals surface area contributed by atoms with E-state index in [2.05, 4.69) is 15.3 Å². The monoisotopic (exact) mass is 379 g/mol. The van der Waals surface area contributed by atoms with Gasteiger partial charge in [-0.3, -0.25) is 4.99 Å². The highest BCUT2D eigenvalue weighted by molar-refractivity contribution is 7.16. The standard InChI is InChI=1S/C19H13N3O4S/c23-15-6-5-11(8-13(15)18(25)26)21-19-22-17(24)16(27-19)7-10-9-20-14-4-2-1-3-12(10)14/h1-9,23-24H,(H,21,22)(H,25,26)/b10-7-. The number of nitrogens with one attached hydrogen (secondary N) is 1. The predicted octanol–water partition coefficient (Wildman–Crippen LogP) is 4.25. The van der Waals surface area contributed by atoms with Crippen molar-refractivity contribution in [2.45, 2.75) is 0 Å². The third-order valence-corrected chi connectivity index (χ3v) is 4.86. The highest BCUT2D eigenvalue weighted by atomic mass is 32.1. The number of hydrogen-bond acceptors (Lipinski definition) is 7. The number of nitrogens with zero attached hydrogens (tertiary/aromatic N) is 2. The fourth-order valence-electron chi connectivity index (χ4n) is 2.68. The van der Waals surface area contributed by atoms with Crippen molar-refractivity contribution in [3.05, 3.63) is 58.5 Å². The molecule has 1 aliphatic rings. The number of benzene rings is 2. The molecule has 0 fully saturated rings. The summed E-state index contributed by atoms with van der Waals surface area (Å²) in [7, 11) is 0. The average molecular weight is 379 g/mol. The van der Waals surface area contributed by atoms with Gasteiger partial charge < -0.3 is 20.6 Å². The Morgan fingerprint density at radius 2 is 1.96 bits per heavy atom. The van der Waals surface area contributed by atoms with Gasteiger partial charge in [0.1, 0.15) is 11.3 Å². The molecule has 27 heavy (non-hydrogen) atoms. The first-order valence-electron chi connectivity index (χ1n) is 7.89. The zero-order chi connectivity index (χ0) is 19.0. The molecule has 0 amide bonds. The van der Waals surface area contributed by atoms with Gasteiger partial charge in [0.15, 0.2) is 5.13 Å². The van der Waals surface area contributed by atoms with E-state index in [4.69, 9.17) is 5.11 Å². The van der Waals surface area contributed by atoms with Gasteiger partial charge in [0.05, 0.1) is 10.6 Å². The summed E-state index contributed by atoms with van der Waals surface area (Å²) in [6.07, 6.45) is 3.53. The summed E-state index contributed by atoms with van der Waals surface area (Å²) in [6, 6.07) is 11.8. The van der Waals surface area contributed by atoms with Crippen LogP contribution in [-0.4, -0.2) is 32.5 Å². The molecule has 4 N–H and O–H groups in total. The van der Waals surface area contributed by atoms with Crippen LogP contribution in [0.15, 0.2) is 47.5 Å².